The molecule has 0 unspecified atom stereocenters. The second-order valence-electron chi connectivity index (χ2n) is 2.46. The van der Waals surface area contributed by atoms with Crippen LogP contribution < -0.4 is 5.32 Å². The normalized spacial score (nSPS) is 9.50. The summed E-state index contributed by atoms with van der Waals surface area (Å²) in [5.74, 6) is 0. The van der Waals surface area contributed by atoms with E-state index in [-0.39, 0.29) is 6.54 Å². The Hall–Kier alpha value is -1.02. The summed E-state index contributed by atoms with van der Waals surface area (Å²) in [6.45, 7) is 2.12. The van der Waals surface area contributed by atoms with Crippen LogP contribution >= 0.6 is 11.6 Å². The third-order valence-corrected chi connectivity index (χ3v) is 1.95. The number of carbonyl (C=O) groups excluding carboxylic acids is 1. The summed E-state index contributed by atoms with van der Waals surface area (Å²) in [5, 5.41) is 3.61. The van der Waals surface area contributed by atoms with Crippen LogP contribution in [0.4, 0.5) is 5.69 Å². The van der Waals surface area contributed by atoms with E-state index in [0.717, 1.165) is 16.3 Å². The van der Waals surface area contributed by atoms with E-state index >= 15 is 0 Å². The van der Waals surface area contributed by atoms with Gasteiger partial charge in [-0.05, 0) is 30.7 Å². The second kappa shape index (κ2) is 4.12. The molecule has 0 amide bonds. The van der Waals surface area contributed by atoms with Crippen molar-refractivity contribution in [3.8, 4) is 0 Å². The van der Waals surface area contributed by atoms with E-state index in [4.69, 9.17) is 11.6 Å². The van der Waals surface area contributed by atoms with Crippen LogP contribution in [0, 0.1) is 6.92 Å². The number of nitrogens with one attached hydrogen (secondary N) is 1. The zero-order valence-electron chi connectivity index (χ0n) is 6.73. The summed E-state index contributed by atoms with van der Waals surface area (Å²) in [5.41, 5.74) is 1.88. The SMILES string of the molecule is Cc1cc(NC[C]=O)ccc1Cl. The quantitative estimate of drug-likeness (QED) is 0.777. The van der Waals surface area contributed by atoms with E-state index in [1.165, 1.54) is 0 Å². The fourth-order valence-electron chi connectivity index (χ4n) is 0.893. The van der Waals surface area contributed by atoms with E-state index < -0.39 is 0 Å². The van der Waals surface area contributed by atoms with Crippen LogP contribution in [0.25, 0.3) is 0 Å². The van der Waals surface area contributed by atoms with Gasteiger partial charge >= 0.3 is 0 Å². The zero-order chi connectivity index (χ0) is 8.97. The molecule has 0 aliphatic carbocycles. The average molecular weight is 183 g/mol. The van der Waals surface area contributed by atoms with Gasteiger partial charge in [-0.2, -0.15) is 0 Å². The van der Waals surface area contributed by atoms with Crippen molar-refractivity contribution in [1.82, 2.24) is 0 Å². The first kappa shape index (κ1) is 9.07. The van der Waals surface area contributed by atoms with Gasteiger partial charge in [-0.15, -0.1) is 0 Å². The van der Waals surface area contributed by atoms with Gasteiger partial charge in [0, 0.05) is 10.7 Å². The smallest absolute Gasteiger partial charge is 0.219 e. The number of hydrogen-bond acceptors (Lipinski definition) is 2. The summed E-state index contributed by atoms with van der Waals surface area (Å²) < 4.78 is 0. The number of anilines is 1. The first-order chi connectivity index (χ1) is 5.74. The maximum absolute atomic E-state index is 9.92. The molecule has 0 aromatic heterocycles. The zero-order valence-corrected chi connectivity index (χ0v) is 7.48. The molecule has 0 spiro atoms. The highest BCUT2D eigenvalue weighted by Gasteiger charge is 1.95. The van der Waals surface area contributed by atoms with Crippen molar-refractivity contribution in [1.29, 1.82) is 0 Å². The van der Waals surface area contributed by atoms with Crippen LogP contribution in [0.1, 0.15) is 5.56 Å². The van der Waals surface area contributed by atoms with Crippen molar-refractivity contribution < 1.29 is 4.79 Å². The average Bonchev–Trinajstić information content (AvgIpc) is 2.07. The van der Waals surface area contributed by atoms with Crippen molar-refractivity contribution in [2.24, 2.45) is 0 Å². The molecule has 0 aliphatic heterocycles. The van der Waals surface area contributed by atoms with E-state index in [1.54, 1.807) is 12.4 Å². The highest BCUT2D eigenvalue weighted by atomic mass is 35.5. The minimum Gasteiger partial charge on any atom is -0.377 e. The molecule has 12 heavy (non-hydrogen) atoms. The Kier molecular flexibility index (Phi) is 3.11. The molecule has 1 aromatic rings. The lowest BCUT2D eigenvalue weighted by atomic mass is 10.2. The van der Waals surface area contributed by atoms with Gasteiger partial charge in [0.05, 0.1) is 6.54 Å². The summed E-state index contributed by atoms with van der Waals surface area (Å²) in [6, 6.07) is 5.51. The van der Waals surface area contributed by atoms with Crippen molar-refractivity contribution in [3.63, 3.8) is 0 Å². The Bertz CT molecular complexity index is 286. The van der Waals surface area contributed by atoms with Crippen molar-refractivity contribution >= 4 is 23.6 Å². The van der Waals surface area contributed by atoms with E-state index in [1.807, 2.05) is 19.1 Å². The molecule has 0 atom stereocenters. The predicted octanol–water partition coefficient (Wildman–Crippen LogP) is 2.17. The van der Waals surface area contributed by atoms with Gasteiger partial charge in [-0.3, -0.25) is 4.79 Å². The maximum atomic E-state index is 9.92. The van der Waals surface area contributed by atoms with Gasteiger partial charge < -0.3 is 5.32 Å². The van der Waals surface area contributed by atoms with E-state index in [0.29, 0.717) is 0 Å². The number of rotatable bonds is 3. The van der Waals surface area contributed by atoms with Gasteiger partial charge in [0.15, 0.2) is 0 Å². The monoisotopic (exact) mass is 182 g/mol. The van der Waals surface area contributed by atoms with Crippen LogP contribution in [0.3, 0.4) is 0 Å². The molecule has 1 rings (SSSR count). The Balaban J connectivity index is 2.75. The molecule has 2 nitrogen and oxygen atoms in total. The van der Waals surface area contributed by atoms with Crippen molar-refractivity contribution in [2.75, 3.05) is 11.9 Å². The lowest BCUT2D eigenvalue weighted by molar-refractivity contribution is 0.557. The van der Waals surface area contributed by atoms with E-state index in [2.05, 4.69) is 5.32 Å². The summed E-state index contributed by atoms with van der Waals surface area (Å²) in [6.07, 6.45) is 1.76. The molecule has 63 valence electrons. The standard InChI is InChI=1S/C9H9ClNO/c1-7-6-8(11-4-5-12)2-3-9(7)10/h2-3,6,11H,4H2,1H3. The fourth-order valence-corrected chi connectivity index (χ4v) is 1.01. The van der Waals surface area contributed by atoms with Crippen LogP contribution in [-0.4, -0.2) is 12.8 Å². The molecule has 0 heterocycles. The molecule has 1 N–H and O–H groups in total. The van der Waals surface area contributed by atoms with Gasteiger partial charge in [0.2, 0.25) is 6.29 Å². The Morgan fingerprint density at radius 3 is 2.92 bits per heavy atom. The van der Waals surface area contributed by atoms with E-state index in [9.17, 15) is 4.79 Å². The van der Waals surface area contributed by atoms with Crippen molar-refractivity contribution in [3.05, 3.63) is 28.8 Å². The predicted molar refractivity (Wildman–Crippen MR) is 50.4 cm³/mol. The molecule has 0 aliphatic rings. The molecule has 0 bridgehead atoms. The molecule has 1 radical (unpaired) electrons. The Morgan fingerprint density at radius 2 is 2.33 bits per heavy atom. The first-order valence-corrected chi connectivity index (χ1v) is 3.97. The molecule has 0 fully saturated rings. The molecule has 3 heteroatoms. The third kappa shape index (κ3) is 2.24. The van der Waals surface area contributed by atoms with Gasteiger partial charge in [-0.25, -0.2) is 0 Å². The molecule has 1 aromatic carbocycles. The largest absolute Gasteiger partial charge is 0.377 e. The summed E-state index contributed by atoms with van der Waals surface area (Å²) in [7, 11) is 0. The molecule has 0 saturated heterocycles. The lowest BCUT2D eigenvalue weighted by Crippen LogP contribution is -2.01. The fraction of sp³-hybridized carbons (Fsp3) is 0.222. The summed E-state index contributed by atoms with van der Waals surface area (Å²) in [4.78, 5) is 9.92. The second-order valence-corrected chi connectivity index (χ2v) is 2.87. The van der Waals surface area contributed by atoms with Crippen LogP contribution in [0.15, 0.2) is 18.2 Å². The minimum atomic E-state index is 0.209. The van der Waals surface area contributed by atoms with Crippen LogP contribution in [0.5, 0.6) is 0 Å². The molecular weight excluding hydrogens is 174 g/mol. The maximum Gasteiger partial charge on any atom is 0.219 e. The number of aryl methyl sites for hydroxylation is 1. The topological polar surface area (TPSA) is 29.1 Å². The van der Waals surface area contributed by atoms with Gasteiger partial charge in [0.25, 0.3) is 0 Å². The molecular formula is C9H9ClNO. The first-order valence-electron chi connectivity index (χ1n) is 3.59. The third-order valence-electron chi connectivity index (χ3n) is 1.52. The molecule has 0 saturated carbocycles. The summed E-state index contributed by atoms with van der Waals surface area (Å²) >= 11 is 5.81. The highest BCUT2D eigenvalue weighted by Crippen LogP contribution is 2.18. The number of halogens is 1. The van der Waals surface area contributed by atoms with Crippen LogP contribution in [-0.2, 0) is 4.79 Å². The number of hydrogen-bond donors (Lipinski definition) is 1. The number of benzene rings is 1. The Labute approximate surface area is 76.5 Å². The van der Waals surface area contributed by atoms with Crippen LogP contribution in [0.2, 0.25) is 5.02 Å². The van der Waals surface area contributed by atoms with Gasteiger partial charge in [0.1, 0.15) is 0 Å². The highest BCUT2D eigenvalue weighted by molar-refractivity contribution is 6.31. The van der Waals surface area contributed by atoms with Crippen molar-refractivity contribution in [2.45, 2.75) is 6.92 Å². The van der Waals surface area contributed by atoms with Gasteiger partial charge in [-0.1, -0.05) is 11.6 Å². The minimum absolute atomic E-state index is 0.209. The Morgan fingerprint density at radius 1 is 1.58 bits per heavy atom. The lowest BCUT2D eigenvalue weighted by Gasteiger charge is -2.03.